The van der Waals surface area contributed by atoms with E-state index >= 15 is 0 Å². The molecule has 0 atom stereocenters. The molecule has 0 aliphatic rings. The average Bonchev–Trinajstić information content (AvgIpc) is 2.92. The average molecular weight is 392 g/mol. The molecule has 0 spiro atoms. The topological polar surface area (TPSA) is 79.8 Å². The summed E-state index contributed by atoms with van der Waals surface area (Å²) in [6.45, 7) is 1.80. The number of carbonyl (C=O) groups excluding carboxylic acids is 1. The molecule has 0 bridgehead atoms. The molecule has 0 saturated carbocycles. The first kappa shape index (κ1) is 19.5. The summed E-state index contributed by atoms with van der Waals surface area (Å²) in [6.07, 6.45) is 0. The second-order valence-electron chi connectivity index (χ2n) is 6.29. The van der Waals surface area contributed by atoms with Crippen LogP contribution in [-0.2, 0) is 17.6 Å². The van der Waals surface area contributed by atoms with Gasteiger partial charge in [-0.3, -0.25) is 14.3 Å². The molecule has 28 heavy (non-hydrogen) atoms. The van der Waals surface area contributed by atoms with E-state index in [0.29, 0.717) is 22.7 Å². The zero-order valence-corrected chi connectivity index (χ0v) is 16.5. The number of nitriles is 1. The first-order valence-corrected chi connectivity index (χ1v) is 9.87. The summed E-state index contributed by atoms with van der Waals surface area (Å²) in [4.78, 5) is 25.1. The lowest BCUT2D eigenvalue weighted by molar-refractivity contribution is -0.113. The van der Waals surface area contributed by atoms with Crippen LogP contribution in [0.2, 0.25) is 0 Å². The third-order valence-corrected chi connectivity index (χ3v) is 5.38. The van der Waals surface area contributed by atoms with Gasteiger partial charge in [-0.1, -0.05) is 30.3 Å². The molecule has 0 aliphatic heterocycles. The lowest BCUT2D eigenvalue weighted by atomic mass is 10.2. The Kier molecular flexibility index (Phi) is 6.02. The molecule has 1 heterocycles. The molecule has 0 aliphatic carbocycles. The minimum atomic E-state index is -0.258. The van der Waals surface area contributed by atoms with Gasteiger partial charge in [0.25, 0.3) is 5.56 Å². The van der Waals surface area contributed by atoms with E-state index < -0.39 is 0 Å². The second kappa shape index (κ2) is 8.63. The standard InChI is InChI=1S/C21H20N4O2S/c1-15-20(21(27)25(24(15)2)18-9-4-3-5-10-18)23-19(26)14-28-13-17-8-6-7-16(11-17)12-22/h3-11H,13-14H2,1-2H3,(H,23,26). The van der Waals surface area contributed by atoms with E-state index in [9.17, 15) is 9.59 Å². The number of anilines is 1. The third-order valence-electron chi connectivity index (χ3n) is 4.38. The SMILES string of the molecule is Cc1c(NC(=O)CSCc2cccc(C#N)c2)c(=O)n(-c2ccccc2)n1C. The molecule has 3 rings (SSSR count). The van der Waals surface area contributed by atoms with Crippen LogP contribution in [-0.4, -0.2) is 21.0 Å². The van der Waals surface area contributed by atoms with E-state index in [1.54, 1.807) is 24.7 Å². The van der Waals surface area contributed by atoms with Gasteiger partial charge >= 0.3 is 0 Å². The number of nitrogens with zero attached hydrogens (tertiary/aromatic N) is 3. The Morgan fingerprint density at radius 3 is 2.64 bits per heavy atom. The van der Waals surface area contributed by atoms with E-state index in [-0.39, 0.29) is 17.2 Å². The van der Waals surface area contributed by atoms with Crippen molar-refractivity contribution < 1.29 is 4.79 Å². The number of aromatic nitrogens is 2. The lowest BCUT2D eigenvalue weighted by Gasteiger charge is -2.07. The summed E-state index contributed by atoms with van der Waals surface area (Å²) in [6, 6.07) is 18.7. The van der Waals surface area contributed by atoms with Gasteiger partial charge in [0.2, 0.25) is 5.91 Å². The Balaban J connectivity index is 1.68. The normalized spacial score (nSPS) is 10.5. The van der Waals surface area contributed by atoms with Gasteiger partial charge in [0.05, 0.1) is 28.8 Å². The molecule has 2 aromatic carbocycles. The number of thioether (sulfide) groups is 1. The highest BCUT2D eigenvalue weighted by atomic mass is 32.2. The molecule has 3 aromatic rings. The van der Waals surface area contributed by atoms with Gasteiger partial charge in [-0.05, 0) is 36.8 Å². The monoisotopic (exact) mass is 392 g/mol. The van der Waals surface area contributed by atoms with Crippen molar-refractivity contribution in [2.45, 2.75) is 12.7 Å². The molecule has 142 valence electrons. The fourth-order valence-corrected chi connectivity index (χ4v) is 3.65. The molecule has 7 heteroatoms. The summed E-state index contributed by atoms with van der Waals surface area (Å²) in [5.41, 5.74) is 3.05. The molecule has 1 aromatic heterocycles. The zero-order valence-electron chi connectivity index (χ0n) is 15.7. The molecule has 0 unspecified atom stereocenters. The Labute approximate surface area is 167 Å². The van der Waals surface area contributed by atoms with Crippen molar-refractivity contribution in [1.82, 2.24) is 9.36 Å². The van der Waals surface area contributed by atoms with E-state index in [0.717, 1.165) is 11.3 Å². The van der Waals surface area contributed by atoms with Crippen LogP contribution >= 0.6 is 11.8 Å². The Hall–Kier alpha value is -3.24. The molecule has 1 amide bonds. The molecular weight excluding hydrogens is 372 g/mol. The van der Waals surface area contributed by atoms with Crippen LogP contribution < -0.4 is 10.9 Å². The fourth-order valence-electron chi connectivity index (χ4n) is 2.88. The van der Waals surface area contributed by atoms with Gasteiger partial charge < -0.3 is 5.32 Å². The number of hydrogen-bond donors (Lipinski definition) is 1. The van der Waals surface area contributed by atoms with Gasteiger partial charge in [0.1, 0.15) is 5.69 Å². The van der Waals surface area contributed by atoms with Gasteiger partial charge in [0, 0.05) is 12.8 Å². The molecular formula is C21H20N4O2S. The van der Waals surface area contributed by atoms with Crippen molar-refractivity contribution in [2.75, 3.05) is 11.1 Å². The van der Waals surface area contributed by atoms with Crippen LogP contribution in [0, 0.1) is 18.3 Å². The lowest BCUT2D eigenvalue weighted by Crippen LogP contribution is -2.23. The van der Waals surface area contributed by atoms with Gasteiger partial charge in [-0.2, -0.15) is 5.26 Å². The van der Waals surface area contributed by atoms with Gasteiger partial charge in [-0.15, -0.1) is 11.8 Å². The van der Waals surface area contributed by atoms with Crippen molar-refractivity contribution in [3.05, 3.63) is 81.8 Å². The second-order valence-corrected chi connectivity index (χ2v) is 7.28. The Morgan fingerprint density at radius 2 is 1.93 bits per heavy atom. The molecule has 6 nitrogen and oxygen atoms in total. The Bertz CT molecular complexity index is 1090. The molecule has 1 N–H and O–H groups in total. The highest BCUT2D eigenvalue weighted by Crippen LogP contribution is 2.16. The maximum Gasteiger partial charge on any atom is 0.295 e. The van der Waals surface area contributed by atoms with Crippen LogP contribution in [0.25, 0.3) is 5.69 Å². The maximum atomic E-state index is 12.8. The van der Waals surface area contributed by atoms with Crippen molar-refractivity contribution >= 4 is 23.4 Å². The van der Waals surface area contributed by atoms with Crippen molar-refractivity contribution in [1.29, 1.82) is 5.26 Å². The number of hydrogen-bond acceptors (Lipinski definition) is 4. The van der Waals surface area contributed by atoms with Crippen LogP contribution in [0.4, 0.5) is 5.69 Å². The minimum absolute atomic E-state index is 0.218. The smallest absolute Gasteiger partial charge is 0.295 e. The van der Waals surface area contributed by atoms with Crippen molar-refractivity contribution in [2.24, 2.45) is 7.05 Å². The van der Waals surface area contributed by atoms with Crippen LogP contribution in [0.5, 0.6) is 0 Å². The van der Waals surface area contributed by atoms with E-state index in [1.807, 2.05) is 48.5 Å². The largest absolute Gasteiger partial charge is 0.319 e. The summed E-state index contributed by atoms with van der Waals surface area (Å²) >= 11 is 1.43. The summed E-state index contributed by atoms with van der Waals surface area (Å²) in [5, 5.41) is 11.7. The summed E-state index contributed by atoms with van der Waals surface area (Å²) < 4.78 is 3.26. The molecule has 0 saturated heterocycles. The van der Waals surface area contributed by atoms with Gasteiger partial charge in [-0.25, -0.2) is 4.68 Å². The van der Waals surface area contributed by atoms with Crippen LogP contribution in [0.15, 0.2) is 59.4 Å². The number of amides is 1. The van der Waals surface area contributed by atoms with Gasteiger partial charge in [0.15, 0.2) is 0 Å². The predicted octanol–water partition coefficient (Wildman–Crippen LogP) is 3.23. The molecule has 0 fully saturated rings. The summed E-state index contributed by atoms with van der Waals surface area (Å²) in [7, 11) is 1.79. The first-order chi connectivity index (χ1) is 13.5. The predicted molar refractivity (Wildman–Crippen MR) is 112 cm³/mol. The minimum Gasteiger partial charge on any atom is -0.319 e. The fraction of sp³-hybridized carbons (Fsp3) is 0.190. The number of benzene rings is 2. The highest BCUT2D eigenvalue weighted by molar-refractivity contribution is 7.99. The molecule has 0 radical (unpaired) electrons. The maximum absolute atomic E-state index is 12.8. The number of rotatable bonds is 6. The number of nitrogens with one attached hydrogen (secondary N) is 1. The van der Waals surface area contributed by atoms with E-state index in [1.165, 1.54) is 16.4 Å². The van der Waals surface area contributed by atoms with E-state index in [4.69, 9.17) is 5.26 Å². The summed E-state index contributed by atoms with van der Waals surface area (Å²) in [5.74, 6) is 0.605. The van der Waals surface area contributed by atoms with Crippen molar-refractivity contribution in [3.63, 3.8) is 0 Å². The Morgan fingerprint density at radius 1 is 1.18 bits per heavy atom. The number of carbonyl (C=O) groups is 1. The van der Waals surface area contributed by atoms with Crippen LogP contribution in [0.3, 0.4) is 0 Å². The van der Waals surface area contributed by atoms with Crippen molar-refractivity contribution in [3.8, 4) is 11.8 Å². The number of para-hydroxylation sites is 1. The highest BCUT2D eigenvalue weighted by Gasteiger charge is 2.17. The third kappa shape index (κ3) is 4.18. The first-order valence-electron chi connectivity index (χ1n) is 8.72. The van der Waals surface area contributed by atoms with Crippen LogP contribution in [0.1, 0.15) is 16.8 Å². The zero-order chi connectivity index (χ0) is 20.1. The quantitative estimate of drug-likeness (QED) is 0.698. The van der Waals surface area contributed by atoms with E-state index in [2.05, 4.69) is 11.4 Å².